The van der Waals surface area contributed by atoms with Crippen molar-refractivity contribution in [3.63, 3.8) is 0 Å². The zero-order chi connectivity index (χ0) is 12.4. The smallest absolute Gasteiger partial charge is 0.266 e. The summed E-state index contributed by atoms with van der Waals surface area (Å²) in [6, 6.07) is 6.42. The van der Waals surface area contributed by atoms with Gasteiger partial charge in [-0.05, 0) is 46.4 Å². The summed E-state index contributed by atoms with van der Waals surface area (Å²) in [7, 11) is 0. The van der Waals surface area contributed by atoms with Crippen LogP contribution in [0.3, 0.4) is 0 Å². The first-order valence-electron chi connectivity index (χ1n) is 4.89. The summed E-state index contributed by atoms with van der Waals surface area (Å²) in [5.74, 6) is -0.561. The van der Waals surface area contributed by atoms with Gasteiger partial charge >= 0.3 is 0 Å². The van der Waals surface area contributed by atoms with Crippen molar-refractivity contribution in [2.24, 2.45) is 0 Å². The van der Waals surface area contributed by atoms with Gasteiger partial charge in [-0.25, -0.2) is 4.39 Å². The van der Waals surface area contributed by atoms with E-state index < -0.39 is 0 Å². The number of rotatable bonds is 2. The molecule has 1 aromatic heterocycles. The zero-order valence-electron chi connectivity index (χ0n) is 8.96. The highest BCUT2D eigenvalue weighted by Crippen LogP contribution is 2.25. The average Bonchev–Trinajstić information content (AvgIpc) is 2.71. The van der Waals surface area contributed by atoms with E-state index in [1.807, 2.05) is 5.38 Å². The highest BCUT2D eigenvalue weighted by atomic mass is 79.9. The maximum Gasteiger partial charge on any atom is 0.266 e. The predicted octanol–water partition coefficient (Wildman–Crippen LogP) is 4.21. The maximum absolute atomic E-state index is 13.3. The number of benzene rings is 1. The third-order valence-corrected chi connectivity index (χ3v) is 4.18. The minimum absolute atomic E-state index is 0.236. The minimum Gasteiger partial charge on any atom is -0.321 e. The number of carbonyl (C=O) groups is 1. The van der Waals surface area contributed by atoms with Crippen molar-refractivity contribution in [2.75, 3.05) is 5.32 Å². The molecule has 88 valence electrons. The third kappa shape index (κ3) is 2.56. The maximum atomic E-state index is 13.3. The molecule has 1 amide bonds. The Morgan fingerprint density at radius 2 is 2.18 bits per heavy atom. The largest absolute Gasteiger partial charge is 0.321 e. The van der Waals surface area contributed by atoms with Crippen LogP contribution in [0.25, 0.3) is 0 Å². The fraction of sp³-hybridized carbons (Fsp3) is 0.0833. The van der Waals surface area contributed by atoms with E-state index in [-0.39, 0.29) is 11.7 Å². The highest BCUT2D eigenvalue weighted by Gasteiger charge is 2.13. The first-order valence-corrected chi connectivity index (χ1v) is 6.56. The Labute approximate surface area is 111 Å². The van der Waals surface area contributed by atoms with Crippen LogP contribution >= 0.6 is 27.3 Å². The van der Waals surface area contributed by atoms with Crippen LogP contribution in [0.5, 0.6) is 0 Å². The van der Waals surface area contributed by atoms with Gasteiger partial charge in [-0.3, -0.25) is 4.79 Å². The normalized spacial score (nSPS) is 10.3. The van der Waals surface area contributed by atoms with Crippen molar-refractivity contribution in [3.8, 4) is 0 Å². The second-order valence-electron chi connectivity index (χ2n) is 3.46. The van der Waals surface area contributed by atoms with E-state index >= 15 is 0 Å². The summed E-state index contributed by atoms with van der Waals surface area (Å²) < 4.78 is 14.0. The van der Waals surface area contributed by atoms with Crippen LogP contribution < -0.4 is 5.32 Å². The predicted molar refractivity (Wildman–Crippen MR) is 71.1 cm³/mol. The Morgan fingerprint density at radius 1 is 1.41 bits per heavy atom. The fourth-order valence-electron chi connectivity index (χ4n) is 1.38. The second kappa shape index (κ2) is 4.98. The van der Waals surface area contributed by atoms with Crippen LogP contribution in [0.2, 0.25) is 0 Å². The highest BCUT2D eigenvalue weighted by molar-refractivity contribution is 9.10. The van der Waals surface area contributed by atoms with E-state index in [2.05, 4.69) is 21.2 Å². The van der Waals surface area contributed by atoms with Gasteiger partial charge in [0.2, 0.25) is 0 Å². The van der Waals surface area contributed by atoms with Crippen molar-refractivity contribution >= 4 is 38.9 Å². The molecule has 0 bridgehead atoms. The Morgan fingerprint density at radius 3 is 2.82 bits per heavy atom. The quantitative estimate of drug-likeness (QED) is 0.884. The van der Waals surface area contributed by atoms with Gasteiger partial charge in [0.15, 0.2) is 0 Å². The van der Waals surface area contributed by atoms with E-state index in [0.717, 1.165) is 4.47 Å². The third-order valence-electron chi connectivity index (χ3n) is 2.34. The zero-order valence-corrected chi connectivity index (χ0v) is 11.4. The van der Waals surface area contributed by atoms with Gasteiger partial charge in [-0.15, -0.1) is 11.3 Å². The van der Waals surface area contributed by atoms with Crippen LogP contribution in [-0.4, -0.2) is 5.91 Å². The van der Waals surface area contributed by atoms with E-state index in [1.165, 1.54) is 17.4 Å². The topological polar surface area (TPSA) is 29.1 Å². The number of amides is 1. The molecular formula is C12H9BrFNOS. The summed E-state index contributed by atoms with van der Waals surface area (Å²) in [5.41, 5.74) is 0.934. The molecule has 0 radical (unpaired) electrons. The first kappa shape index (κ1) is 12.3. The van der Waals surface area contributed by atoms with Crippen LogP contribution in [0.4, 0.5) is 10.1 Å². The second-order valence-corrected chi connectivity index (χ2v) is 5.23. The molecule has 2 nitrogen and oxygen atoms in total. The van der Waals surface area contributed by atoms with E-state index in [9.17, 15) is 9.18 Å². The standard InChI is InChI=1S/C12H9BrFNOS/c1-7-9(14)3-2-4-10(7)15-12(16)11-8(13)5-6-17-11/h2-6H,1H3,(H,15,16). The fourth-order valence-corrected chi connectivity index (χ4v) is 2.82. The molecule has 5 heteroatoms. The molecule has 0 aliphatic carbocycles. The van der Waals surface area contributed by atoms with Gasteiger partial charge in [-0.2, -0.15) is 0 Å². The minimum atomic E-state index is -0.326. The number of halogens is 2. The average molecular weight is 314 g/mol. The molecule has 0 fully saturated rings. The van der Waals surface area contributed by atoms with E-state index in [4.69, 9.17) is 0 Å². The summed E-state index contributed by atoms with van der Waals surface area (Å²) in [6.45, 7) is 1.63. The van der Waals surface area contributed by atoms with Gasteiger partial charge in [0.05, 0.1) is 0 Å². The lowest BCUT2D eigenvalue weighted by Crippen LogP contribution is -2.12. The lowest BCUT2D eigenvalue weighted by atomic mass is 10.2. The lowest BCUT2D eigenvalue weighted by Gasteiger charge is -2.08. The molecule has 0 unspecified atom stereocenters. The molecule has 1 N–H and O–H groups in total. The molecule has 1 aromatic carbocycles. The number of nitrogens with one attached hydrogen (secondary N) is 1. The Kier molecular flexibility index (Phi) is 3.59. The van der Waals surface area contributed by atoms with Gasteiger partial charge in [0.25, 0.3) is 5.91 Å². The SMILES string of the molecule is Cc1c(F)cccc1NC(=O)c1sccc1Br. The molecule has 1 heterocycles. The number of anilines is 1. The lowest BCUT2D eigenvalue weighted by molar-refractivity contribution is 0.103. The Hall–Kier alpha value is -1.20. The van der Waals surface area contributed by atoms with Crippen molar-refractivity contribution in [1.29, 1.82) is 0 Å². The molecule has 0 aliphatic heterocycles. The first-order chi connectivity index (χ1) is 8.09. The molecular weight excluding hydrogens is 305 g/mol. The Bertz CT molecular complexity index is 567. The van der Waals surface area contributed by atoms with Gasteiger partial charge in [0, 0.05) is 15.7 Å². The van der Waals surface area contributed by atoms with Crippen molar-refractivity contribution in [1.82, 2.24) is 0 Å². The Balaban J connectivity index is 2.25. The number of hydrogen-bond donors (Lipinski definition) is 1. The molecule has 0 spiro atoms. The number of hydrogen-bond acceptors (Lipinski definition) is 2. The summed E-state index contributed by atoms with van der Waals surface area (Å²) in [5, 5.41) is 4.51. The molecule has 0 aliphatic rings. The van der Waals surface area contributed by atoms with Gasteiger partial charge in [0.1, 0.15) is 10.7 Å². The molecule has 2 aromatic rings. The van der Waals surface area contributed by atoms with Crippen LogP contribution in [-0.2, 0) is 0 Å². The van der Waals surface area contributed by atoms with Crippen molar-refractivity contribution in [3.05, 3.63) is 50.4 Å². The van der Waals surface area contributed by atoms with Crippen LogP contribution in [0.15, 0.2) is 34.1 Å². The summed E-state index contributed by atoms with van der Waals surface area (Å²) >= 11 is 4.62. The summed E-state index contributed by atoms with van der Waals surface area (Å²) in [6.07, 6.45) is 0. The van der Waals surface area contributed by atoms with Crippen molar-refractivity contribution in [2.45, 2.75) is 6.92 Å². The van der Waals surface area contributed by atoms with Crippen molar-refractivity contribution < 1.29 is 9.18 Å². The van der Waals surface area contributed by atoms with Gasteiger partial charge in [-0.1, -0.05) is 6.07 Å². The number of carbonyl (C=O) groups excluding carboxylic acids is 1. The molecule has 0 atom stereocenters. The monoisotopic (exact) mass is 313 g/mol. The molecule has 0 saturated heterocycles. The van der Waals surface area contributed by atoms with Crippen LogP contribution in [0.1, 0.15) is 15.2 Å². The molecule has 17 heavy (non-hydrogen) atoms. The van der Waals surface area contributed by atoms with E-state index in [1.54, 1.807) is 25.1 Å². The molecule has 0 saturated carbocycles. The van der Waals surface area contributed by atoms with Crippen LogP contribution in [0, 0.1) is 12.7 Å². The van der Waals surface area contributed by atoms with E-state index in [0.29, 0.717) is 16.1 Å². The van der Waals surface area contributed by atoms with Gasteiger partial charge < -0.3 is 5.32 Å². The number of thiophene rings is 1. The summed E-state index contributed by atoms with van der Waals surface area (Å²) in [4.78, 5) is 12.5. The molecule has 2 rings (SSSR count).